The van der Waals surface area contributed by atoms with E-state index in [1.165, 1.54) is 0 Å². The molecule has 2 aliphatic rings. The number of carbonyl (C=O) groups excluding carboxylic acids is 2. The van der Waals surface area contributed by atoms with Crippen LogP contribution in [0.3, 0.4) is 0 Å². The second-order valence-corrected chi connectivity index (χ2v) is 9.34. The summed E-state index contributed by atoms with van der Waals surface area (Å²) in [4.78, 5) is 36.1. The Morgan fingerprint density at radius 2 is 1.68 bits per heavy atom. The lowest BCUT2D eigenvalue weighted by Crippen LogP contribution is -2.49. The molecule has 8 nitrogen and oxygen atoms in total. The minimum absolute atomic E-state index is 0.0289. The highest BCUT2D eigenvalue weighted by Crippen LogP contribution is 2.44. The SMILES string of the molecule is COc1ccc(N2C(=O)CC[C@@H](C(=O)N3CCn4c3nc3ccccc34)[C@H]2c2ccccc2OC)cc1. The van der Waals surface area contributed by atoms with Gasteiger partial charge in [-0.1, -0.05) is 30.3 Å². The van der Waals surface area contributed by atoms with E-state index in [0.29, 0.717) is 42.6 Å². The van der Waals surface area contributed by atoms with E-state index in [1.807, 2.05) is 72.8 Å². The van der Waals surface area contributed by atoms with Crippen LogP contribution in [0.5, 0.6) is 11.5 Å². The van der Waals surface area contributed by atoms with Gasteiger partial charge < -0.3 is 18.9 Å². The molecular formula is C29H28N4O4. The van der Waals surface area contributed by atoms with Crippen LogP contribution in [0.25, 0.3) is 11.0 Å². The van der Waals surface area contributed by atoms with Crippen LogP contribution in [0.15, 0.2) is 72.8 Å². The van der Waals surface area contributed by atoms with Gasteiger partial charge in [-0.05, 0) is 48.9 Å². The largest absolute Gasteiger partial charge is 0.497 e. The van der Waals surface area contributed by atoms with Gasteiger partial charge in [-0.3, -0.25) is 14.5 Å². The third-order valence-electron chi connectivity index (χ3n) is 7.41. The maximum absolute atomic E-state index is 14.3. The fourth-order valence-electron chi connectivity index (χ4n) is 5.66. The van der Waals surface area contributed by atoms with Crippen molar-refractivity contribution in [1.29, 1.82) is 0 Å². The van der Waals surface area contributed by atoms with Gasteiger partial charge in [-0.2, -0.15) is 0 Å². The monoisotopic (exact) mass is 496 g/mol. The van der Waals surface area contributed by atoms with Gasteiger partial charge in [0.05, 0.1) is 37.2 Å². The Kier molecular flexibility index (Phi) is 5.79. The van der Waals surface area contributed by atoms with E-state index in [9.17, 15) is 9.59 Å². The number of para-hydroxylation sites is 3. The molecule has 3 aromatic carbocycles. The van der Waals surface area contributed by atoms with Crippen molar-refractivity contribution in [3.05, 3.63) is 78.4 Å². The number of ether oxygens (including phenoxy) is 2. The lowest BCUT2D eigenvalue weighted by Gasteiger charge is -2.42. The first-order chi connectivity index (χ1) is 18.1. The lowest BCUT2D eigenvalue weighted by molar-refractivity contribution is -0.127. The number of imidazole rings is 1. The number of nitrogens with zero attached hydrogens (tertiary/aromatic N) is 4. The van der Waals surface area contributed by atoms with Gasteiger partial charge in [0.25, 0.3) is 0 Å². The molecule has 4 aromatic rings. The van der Waals surface area contributed by atoms with Crippen molar-refractivity contribution in [2.75, 3.05) is 30.6 Å². The maximum Gasteiger partial charge on any atom is 0.234 e. The van der Waals surface area contributed by atoms with Gasteiger partial charge in [-0.25, -0.2) is 4.98 Å². The second-order valence-electron chi connectivity index (χ2n) is 9.34. The smallest absolute Gasteiger partial charge is 0.234 e. The second kappa shape index (κ2) is 9.28. The average molecular weight is 497 g/mol. The van der Waals surface area contributed by atoms with Crippen LogP contribution in [-0.4, -0.2) is 42.1 Å². The van der Waals surface area contributed by atoms with Crippen molar-refractivity contribution in [2.24, 2.45) is 5.92 Å². The Bertz CT molecular complexity index is 1480. The average Bonchev–Trinajstić information content (AvgIpc) is 3.52. The van der Waals surface area contributed by atoms with Crippen LogP contribution in [0.1, 0.15) is 24.4 Å². The molecule has 2 atom stereocenters. The number of fused-ring (bicyclic) bond motifs is 3. The molecule has 0 aliphatic carbocycles. The standard InChI is InChI=1S/C29H28N4O4/c1-36-20-13-11-19(12-14-20)33-26(34)16-15-22(27(33)21-7-3-6-10-25(21)37-2)28(35)32-18-17-31-24-9-5-4-8-23(24)30-29(31)32/h3-14,22,27H,15-18H2,1-2H3/t22-,27-/m1/s1. The van der Waals surface area contributed by atoms with E-state index >= 15 is 0 Å². The summed E-state index contributed by atoms with van der Waals surface area (Å²) >= 11 is 0. The molecule has 37 heavy (non-hydrogen) atoms. The summed E-state index contributed by atoms with van der Waals surface area (Å²) in [5, 5.41) is 0. The van der Waals surface area contributed by atoms with E-state index < -0.39 is 12.0 Å². The first-order valence-corrected chi connectivity index (χ1v) is 12.5. The van der Waals surface area contributed by atoms with Crippen molar-refractivity contribution < 1.29 is 19.1 Å². The fraction of sp³-hybridized carbons (Fsp3) is 0.276. The molecule has 3 heterocycles. The van der Waals surface area contributed by atoms with Gasteiger partial charge >= 0.3 is 0 Å². The summed E-state index contributed by atoms with van der Waals surface area (Å²) in [6.45, 7) is 1.24. The van der Waals surface area contributed by atoms with Gasteiger partial charge in [0.15, 0.2) is 0 Å². The number of carbonyl (C=O) groups is 2. The minimum atomic E-state index is -0.531. The van der Waals surface area contributed by atoms with Crippen molar-refractivity contribution in [1.82, 2.24) is 9.55 Å². The van der Waals surface area contributed by atoms with Gasteiger partial charge in [0, 0.05) is 30.8 Å². The Labute approximate surface area is 215 Å². The van der Waals surface area contributed by atoms with Gasteiger partial charge in [-0.15, -0.1) is 0 Å². The number of methoxy groups -OCH3 is 2. The van der Waals surface area contributed by atoms with Crippen LogP contribution in [0.4, 0.5) is 11.6 Å². The summed E-state index contributed by atoms with van der Waals surface area (Å²) in [7, 11) is 3.22. The van der Waals surface area contributed by atoms with Crippen molar-refractivity contribution >= 4 is 34.5 Å². The van der Waals surface area contributed by atoms with E-state index in [0.717, 1.165) is 16.6 Å². The normalized spacial score (nSPS) is 19.2. The number of rotatable bonds is 5. The number of piperidine rings is 1. The zero-order chi connectivity index (χ0) is 25.5. The van der Waals surface area contributed by atoms with Crippen LogP contribution in [-0.2, 0) is 16.1 Å². The molecule has 0 radical (unpaired) electrons. The highest BCUT2D eigenvalue weighted by molar-refractivity contribution is 6.02. The summed E-state index contributed by atoms with van der Waals surface area (Å²) < 4.78 is 13.1. The number of anilines is 2. The number of benzene rings is 3. The molecule has 6 rings (SSSR count). The van der Waals surface area contributed by atoms with E-state index in [4.69, 9.17) is 14.5 Å². The highest BCUT2D eigenvalue weighted by atomic mass is 16.5. The number of amides is 2. The Hall–Kier alpha value is -4.33. The molecule has 1 aromatic heterocycles. The van der Waals surface area contributed by atoms with E-state index in [2.05, 4.69) is 4.57 Å². The predicted molar refractivity (Wildman–Crippen MR) is 141 cm³/mol. The molecule has 1 fully saturated rings. The third-order valence-corrected chi connectivity index (χ3v) is 7.41. The summed E-state index contributed by atoms with van der Waals surface area (Å²) in [6, 6.07) is 22.4. The fourth-order valence-corrected chi connectivity index (χ4v) is 5.66. The Morgan fingerprint density at radius 1 is 0.919 bits per heavy atom. The van der Waals surface area contributed by atoms with Gasteiger partial charge in [0.1, 0.15) is 11.5 Å². The summed E-state index contributed by atoms with van der Waals surface area (Å²) in [6.07, 6.45) is 0.724. The Morgan fingerprint density at radius 3 is 2.46 bits per heavy atom. The molecule has 8 heteroatoms. The molecule has 0 bridgehead atoms. The zero-order valence-corrected chi connectivity index (χ0v) is 20.8. The molecule has 0 N–H and O–H groups in total. The molecule has 188 valence electrons. The van der Waals surface area contributed by atoms with Crippen LogP contribution < -0.4 is 19.3 Å². The molecule has 0 spiro atoms. The lowest BCUT2D eigenvalue weighted by atomic mass is 9.82. The van der Waals surface area contributed by atoms with E-state index in [1.54, 1.807) is 24.0 Å². The quantitative estimate of drug-likeness (QED) is 0.404. The van der Waals surface area contributed by atoms with Gasteiger partial charge in [0.2, 0.25) is 17.8 Å². The Balaban J connectivity index is 1.44. The van der Waals surface area contributed by atoms with Crippen molar-refractivity contribution in [3.8, 4) is 11.5 Å². The molecular weight excluding hydrogens is 468 g/mol. The molecule has 2 amide bonds. The molecule has 0 saturated carbocycles. The third kappa shape index (κ3) is 3.80. The van der Waals surface area contributed by atoms with Crippen LogP contribution in [0.2, 0.25) is 0 Å². The maximum atomic E-state index is 14.3. The number of hydrogen-bond acceptors (Lipinski definition) is 5. The number of aromatic nitrogens is 2. The summed E-state index contributed by atoms with van der Waals surface area (Å²) in [5.41, 5.74) is 3.41. The van der Waals surface area contributed by atoms with E-state index in [-0.39, 0.29) is 18.2 Å². The first kappa shape index (κ1) is 23.1. The number of hydrogen-bond donors (Lipinski definition) is 0. The zero-order valence-electron chi connectivity index (χ0n) is 20.8. The van der Waals surface area contributed by atoms with Crippen molar-refractivity contribution in [3.63, 3.8) is 0 Å². The minimum Gasteiger partial charge on any atom is -0.497 e. The molecule has 0 unspecified atom stereocenters. The topological polar surface area (TPSA) is 76.9 Å². The highest BCUT2D eigenvalue weighted by Gasteiger charge is 2.45. The van der Waals surface area contributed by atoms with Crippen LogP contribution in [0, 0.1) is 5.92 Å². The molecule has 1 saturated heterocycles. The summed E-state index contributed by atoms with van der Waals surface area (Å²) in [5.74, 6) is 1.48. The first-order valence-electron chi connectivity index (χ1n) is 12.5. The van der Waals surface area contributed by atoms with Crippen molar-refractivity contribution in [2.45, 2.75) is 25.4 Å². The van der Waals surface area contributed by atoms with Crippen LogP contribution >= 0.6 is 0 Å². The predicted octanol–water partition coefficient (Wildman–Crippen LogP) is 4.58. The molecule has 2 aliphatic heterocycles.